The monoisotopic (exact) mass is 225 g/mol. The number of aromatic nitrogens is 3. The Balaban J connectivity index is 2.21. The highest BCUT2D eigenvalue weighted by Crippen LogP contribution is 2.31. The molecule has 1 saturated heterocycles. The van der Waals surface area contributed by atoms with Crippen LogP contribution in [-0.2, 0) is 9.47 Å². The van der Waals surface area contributed by atoms with Gasteiger partial charge in [0.25, 0.3) is 0 Å². The highest BCUT2D eigenvalue weighted by Gasteiger charge is 2.32. The summed E-state index contributed by atoms with van der Waals surface area (Å²) in [6, 6.07) is 0. The number of nitrogens with zero attached hydrogens (tertiary/aromatic N) is 2. The average molecular weight is 225 g/mol. The van der Waals surface area contributed by atoms with Crippen molar-refractivity contribution in [3.05, 3.63) is 11.4 Å². The molecule has 0 saturated carbocycles. The molecule has 2 heterocycles. The van der Waals surface area contributed by atoms with Crippen LogP contribution < -0.4 is 0 Å². The number of esters is 1. The minimum absolute atomic E-state index is 0.0678. The second-order valence-corrected chi connectivity index (χ2v) is 3.75. The molecule has 2 rings (SSSR count). The van der Waals surface area contributed by atoms with E-state index in [9.17, 15) is 4.79 Å². The molecule has 0 radical (unpaired) electrons. The minimum atomic E-state index is -0.426. The van der Waals surface area contributed by atoms with Crippen LogP contribution in [0.5, 0.6) is 0 Å². The first-order valence-electron chi connectivity index (χ1n) is 5.43. The molecule has 0 aliphatic carbocycles. The fraction of sp³-hybridized carbons (Fsp3) is 0.700. The number of hydrogen-bond acceptors (Lipinski definition) is 5. The Bertz CT molecular complexity index is 377. The van der Waals surface area contributed by atoms with Crippen molar-refractivity contribution in [1.82, 2.24) is 15.4 Å². The summed E-state index contributed by atoms with van der Waals surface area (Å²) in [6.07, 6.45) is 0.929. The molecule has 1 N–H and O–H groups in total. The van der Waals surface area contributed by atoms with Crippen LogP contribution in [0.2, 0.25) is 0 Å². The van der Waals surface area contributed by atoms with Crippen molar-refractivity contribution in [2.24, 2.45) is 0 Å². The maximum Gasteiger partial charge on any atom is 0.360 e. The summed E-state index contributed by atoms with van der Waals surface area (Å²) in [5.74, 6) is -0.302. The summed E-state index contributed by atoms with van der Waals surface area (Å²) in [6.45, 7) is 4.77. The quantitative estimate of drug-likeness (QED) is 0.772. The summed E-state index contributed by atoms with van der Waals surface area (Å²) < 4.78 is 10.4. The van der Waals surface area contributed by atoms with Gasteiger partial charge in [0.05, 0.1) is 12.7 Å². The molecule has 1 aromatic rings. The van der Waals surface area contributed by atoms with Crippen LogP contribution in [-0.4, -0.2) is 40.7 Å². The molecule has 1 aromatic heterocycles. The van der Waals surface area contributed by atoms with Crippen molar-refractivity contribution < 1.29 is 14.3 Å². The number of rotatable bonds is 3. The fourth-order valence-corrected chi connectivity index (χ4v) is 1.94. The van der Waals surface area contributed by atoms with Crippen LogP contribution >= 0.6 is 0 Å². The third-order valence-electron chi connectivity index (χ3n) is 2.77. The highest BCUT2D eigenvalue weighted by molar-refractivity contribution is 5.88. The molecule has 2 unspecified atom stereocenters. The smallest absolute Gasteiger partial charge is 0.360 e. The van der Waals surface area contributed by atoms with E-state index in [0.29, 0.717) is 18.9 Å². The molecule has 6 heteroatoms. The van der Waals surface area contributed by atoms with Crippen LogP contribution in [0.1, 0.15) is 42.4 Å². The van der Waals surface area contributed by atoms with Gasteiger partial charge in [-0.05, 0) is 20.3 Å². The summed E-state index contributed by atoms with van der Waals surface area (Å²) >= 11 is 0. The Morgan fingerprint density at radius 2 is 2.44 bits per heavy atom. The second kappa shape index (κ2) is 4.61. The van der Waals surface area contributed by atoms with Crippen molar-refractivity contribution in [3.8, 4) is 0 Å². The normalized spacial score (nSPS) is 24.6. The number of aromatic amines is 1. The first kappa shape index (κ1) is 11.1. The Morgan fingerprint density at radius 3 is 3.06 bits per heavy atom. The van der Waals surface area contributed by atoms with E-state index in [1.54, 1.807) is 6.92 Å². The molecule has 6 nitrogen and oxygen atoms in total. The molecule has 0 aromatic carbocycles. The number of hydrogen-bond donors (Lipinski definition) is 1. The first-order valence-corrected chi connectivity index (χ1v) is 5.43. The maximum atomic E-state index is 11.6. The zero-order valence-corrected chi connectivity index (χ0v) is 9.40. The molecular weight excluding hydrogens is 210 g/mol. The van der Waals surface area contributed by atoms with Gasteiger partial charge >= 0.3 is 5.97 Å². The molecule has 0 spiro atoms. The molecule has 2 atom stereocenters. The van der Waals surface area contributed by atoms with E-state index in [1.165, 1.54) is 0 Å². The van der Waals surface area contributed by atoms with E-state index in [1.807, 2.05) is 6.92 Å². The van der Waals surface area contributed by atoms with Gasteiger partial charge in [-0.1, -0.05) is 0 Å². The van der Waals surface area contributed by atoms with Gasteiger partial charge in [-0.3, -0.25) is 0 Å². The van der Waals surface area contributed by atoms with Crippen LogP contribution in [0.3, 0.4) is 0 Å². The number of ether oxygens (including phenoxy) is 2. The lowest BCUT2D eigenvalue weighted by atomic mass is 9.97. The van der Waals surface area contributed by atoms with E-state index in [2.05, 4.69) is 15.4 Å². The lowest BCUT2D eigenvalue weighted by molar-refractivity contribution is 0.0516. The Hall–Kier alpha value is -1.43. The van der Waals surface area contributed by atoms with Crippen LogP contribution in [0.15, 0.2) is 0 Å². The van der Waals surface area contributed by atoms with Gasteiger partial charge in [-0.15, -0.1) is 5.10 Å². The second-order valence-electron chi connectivity index (χ2n) is 3.75. The standard InChI is InChI=1S/C10H15N3O3/c1-3-15-10(14)9-8(11-13-12-9)7-4-5-16-6(7)2/h6-7H,3-5H2,1-2H3,(H,11,12,13). The largest absolute Gasteiger partial charge is 0.461 e. The zero-order chi connectivity index (χ0) is 11.5. The van der Waals surface area contributed by atoms with Crippen molar-refractivity contribution in [1.29, 1.82) is 0 Å². The number of carbonyl (C=O) groups is 1. The molecule has 0 amide bonds. The topological polar surface area (TPSA) is 77.1 Å². The van der Waals surface area contributed by atoms with E-state index >= 15 is 0 Å². The van der Waals surface area contributed by atoms with Crippen LogP contribution in [0.4, 0.5) is 0 Å². The molecule has 88 valence electrons. The lowest BCUT2D eigenvalue weighted by Gasteiger charge is -2.11. The van der Waals surface area contributed by atoms with Crippen LogP contribution in [0, 0.1) is 0 Å². The predicted octanol–water partition coefficient (Wildman–Crippen LogP) is 0.874. The van der Waals surface area contributed by atoms with E-state index < -0.39 is 5.97 Å². The van der Waals surface area contributed by atoms with Crippen LogP contribution in [0.25, 0.3) is 0 Å². The van der Waals surface area contributed by atoms with E-state index in [-0.39, 0.29) is 17.7 Å². The lowest BCUT2D eigenvalue weighted by Crippen LogP contribution is -2.15. The van der Waals surface area contributed by atoms with E-state index in [0.717, 1.165) is 6.42 Å². The summed E-state index contributed by atoms with van der Waals surface area (Å²) in [5, 5.41) is 10.4. The van der Waals surface area contributed by atoms with Gasteiger partial charge in [-0.2, -0.15) is 10.3 Å². The van der Waals surface area contributed by atoms with Gasteiger partial charge in [0.15, 0.2) is 5.69 Å². The molecule has 1 aliphatic rings. The minimum Gasteiger partial charge on any atom is -0.461 e. The number of nitrogens with one attached hydrogen (secondary N) is 1. The summed E-state index contributed by atoms with van der Waals surface area (Å²) in [4.78, 5) is 11.6. The zero-order valence-electron chi connectivity index (χ0n) is 9.40. The van der Waals surface area contributed by atoms with Gasteiger partial charge in [0.1, 0.15) is 5.69 Å². The Kier molecular flexibility index (Phi) is 3.19. The number of H-pyrrole nitrogens is 1. The highest BCUT2D eigenvalue weighted by atomic mass is 16.5. The maximum absolute atomic E-state index is 11.6. The number of carbonyl (C=O) groups excluding carboxylic acids is 1. The molecule has 16 heavy (non-hydrogen) atoms. The summed E-state index contributed by atoms with van der Waals surface area (Å²) in [5.41, 5.74) is 0.938. The first-order chi connectivity index (χ1) is 7.74. The molecule has 1 fully saturated rings. The average Bonchev–Trinajstić information content (AvgIpc) is 2.85. The Morgan fingerprint density at radius 1 is 1.62 bits per heavy atom. The van der Waals surface area contributed by atoms with Gasteiger partial charge in [-0.25, -0.2) is 4.79 Å². The van der Waals surface area contributed by atoms with Crippen molar-refractivity contribution >= 4 is 5.97 Å². The van der Waals surface area contributed by atoms with Gasteiger partial charge < -0.3 is 9.47 Å². The van der Waals surface area contributed by atoms with Gasteiger partial charge in [0.2, 0.25) is 0 Å². The third-order valence-corrected chi connectivity index (χ3v) is 2.77. The Labute approximate surface area is 93.3 Å². The SMILES string of the molecule is CCOC(=O)c1n[nH]nc1C1CCOC1C. The third kappa shape index (κ3) is 1.92. The van der Waals surface area contributed by atoms with Crippen molar-refractivity contribution in [2.45, 2.75) is 32.3 Å². The molecule has 1 aliphatic heterocycles. The van der Waals surface area contributed by atoms with Crippen molar-refractivity contribution in [2.75, 3.05) is 13.2 Å². The molecular formula is C10H15N3O3. The fourth-order valence-electron chi connectivity index (χ4n) is 1.94. The van der Waals surface area contributed by atoms with E-state index in [4.69, 9.17) is 9.47 Å². The molecule has 0 bridgehead atoms. The van der Waals surface area contributed by atoms with Crippen molar-refractivity contribution in [3.63, 3.8) is 0 Å². The predicted molar refractivity (Wildman–Crippen MR) is 55.1 cm³/mol. The van der Waals surface area contributed by atoms with Gasteiger partial charge in [0, 0.05) is 12.5 Å². The summed E-state index contributed by atoms with van der Waals surface area (Å²) in [7, 11) is 0.